The van der Waals surface area contributed by atoms with Crippen LogP contribution < -0.4 is 15.4 Å². The Morgan fingerprint density at radius 1 is 0.939 bits per heavy atom. The number of hydrogen-bond donors (Lipinski definition) is 2. The van der Waals surface area contributed by atoms with Crippen molar-refractivity contribution >= 4 is 23.2 Å². The summed E-state index contributed by atoms with van der Waals surface area (Å²) in [5.41, 5.74) is -1.31. The fraction of sp³-hybridized carbons (Fsp3) is 0.158. The monoisotopic (exact) mass is 475 g/mol. The van der Waals surface area contributed by atoms with E-state index in [1.165, 1.54) is 18.3 Å². The lowest BCUT2D eigenvalue weighted by molar-refractivity contribution is -0.153. The maximum Gasteiger partial charge on any atom is 0.422 e. The molecule has 2 N–H and O–H groups in total. The first-order chi connectivity index (χ1) is 15.4. The highest BCUT2D eigenvalue weighted by Crippen LogP contribution is 2.29. The first-order valence-electron chi connectivity index (χ1n) is 8.83. The summed E-state index contributed by atoms with van der Waals surface area (Å²) in [6, 6.07) is 4.91. The molecule has 3 aromatic rings. The van der Waals surface area contributed by atoms with Crippen LogP contribution >= 0.6 is 0 Å². The number of pyridine rings is 3. The molecule has 174 valence electrons. The number of hydrogen-bond acceptors (Lipinski definition) is 6. The van der Waals surface area contributed by atoms with Crippen molar-refractivity contribution < 1.29 is 40.3 Å². The van der Waals surface area contributed by atoms with Crippen molar-refractivity contribution in [2.75, 3.05) is 17.2 Å². The highest BCUT2D eigenvalue weighted by atomic mass is 19.4. The summed E-state index contributed by atoms with van der Waals surface area (Å²) >= 11 is 0. The second-order valence-electron chi connectivity index (χ2n) is 6.35. The fourth-order valence-electron chi connectivity index (χ4n) is 2.39. The van der Waals surface area contributed by atoms with Gasteiger partial charge >= 0.3 is 12.4 Å². The van der Waals surface area contributed by atoms with Gasteiger partial charge in [-0.1, -0.05) is 0 Å². The van der Waals surface area contributed by atoms with Gasteiger partial charge in [0.05, 0.1) is 11.8 Å². The minimum Gasteiger partial charge on any atom is -0.482 e. The number of carbonyl (C=O) groups is 1. The van der Waals surface area contributed by atoms with Crippen LogP contribution in [0.15, 0.2) is 48.9 Å². The summed E-state index contributed by atoms with van der Waals surface area (Å²) in [4.78, 5) is 23.3. The van der Waals surface area contributed by atoms with Crippen molar-refractivity contribution in [3.05, 3.63) is 66.0 Å². The Morgan fingerprint density at radius 2 is 1.70 bits per heavy atom. The first-order valence-corrected chi connectivity index (χ1v) is 8.83. The van der Waals surface area contributed by atoms with Gasteiger partial charge in [-0.15, -0.1) is 0 Å². The van der Waals surface area contributed by atoms with Gasteiger partial charge in [0.15, 0.2) is 6.61 Å². The number of anilines is 3. The van der Waals surface area contributed by atoms with Crippen molar-refractivity contribution in [2.24, 2.45) is 0 Å². The van der Waals surface area contributed by atoms with Crippen molar-refractivity contribution in [1.82, 2.24) is 15.0 Å². The van der Waals surface area contributed by atoms with Crippen molar-refractivity contribution in [3.63, 3.8) is 0 Å². The van der Waals surface area contributed by atoms with E-state index in [0.717, 1.165) is 18.3 Å². The Kier molecular flexibility index (Phi) is 6.65. The Hall–Kier alpha value is -3.97. The van der Waals surface area contributed by atoms with E-state index in [-0.39, 0.29) is 22.9 Å². The first kappa shape index (κ1) is 23.7. The van der Waals surface area contributed by atoms with E-state index in [9.17, 15) is 35.5 Å². The Bertz CT molecular complexity index is 1130. The third kappa shape index (κ3) is 6.75. The standard InChI is InChI=1S/C19H12F7N5O2/c20-14-6-13(33-9-18(21,22)23)12(8-28-14)30-17(32)10-3-4-27-16(5-10)31-15-2-1-11(7-29-15)19(24,25)26/h1-8H,9H2,(H,30,32)(H,27,29,31). The molecule has 0 aliphatic carbocycles. The summed E-state index contributed by atoms with van der Waals surface area (Å²) in [5.74, 6) is -2.48. The number of carbonyl (C=O) groups excluding carboxylic acids is 1. The summed E-state index contributed by atoms with van der Waals surface area (Å²) in [5, 5.41) is 4.87. The van der Waals surface area contributed by atoms with Gasteiger partial charge in [0.1, 0.15) is 23.1 Å². The smallest absolute Gasteiger partial charge is 0.422 e. The van der Waals surface area contributed by atoms with E-state index >= 15 is 0 Å². The molecule has 0 aliphatic heterocycles. The summed E-state index contributed by atoms with van der Waals surface area (Å²) in [6.07, 6.45) is -6.65. The van der Waals surface area contributed by atoms with E-state index in [1.807, 2.05) is 0 Å². The van der Waals surface area contributed by atoms with Crippen LogP contribution in [0.5, 0.6) is 5.75 Å². The molecule has 0 unspecified atom stereocenters. The van der Waals surface area contributed by atoms with E-state index in [4.69, 9.17) is 0 Å². The lowest BCUT2D eigenvalue weighted by Crippen LogP contribution is -2.20. The molecule has 3 heterocycles. The molecule has 0 saturated heterocycles. The van der Waals surface area contributed by atoms with Gasteiger partial charge in [-0.2, -0.15) is 30.7 Å². The molecular formula is C19H12F7N5O2. The maximum absolute atomic E-state index is 13.3. The van der Waals surface area contributed by atoms with Crippen molar-refractivity contribution in [1.29, 1.82) is 0 Å². The van der Waals surface area contributed by atoms with E-state index in [2.05, 4.69) is 30.3 Å². The number of nitrogens with zero attached hydrogens (tertiary/aromatic N) is 3. The van der Waals surface area contributed by atoms with E-state index < -0.39 is 42.1 Å². The number of ether oxygens (including phenoxy) is 1. The predicted octanol–water partition coefficient (Wildman–Crippen LogP) is 4.97. The third-order valence-electron chi connectivity index (χ3n) is 3.84. The highest BCUT2D eigenvalue weighted by Gasteiger charge is 2.31. The molecule has 0 aromatic carbocycles. The molecule has 7 nitrogen and oxygen atoms in total. The molecule has 0 spiro atoms. The summed E-state index contributed by atoms with van der Waals surface area (Å²) in [7, 11) is 0. The lowest BCUT2D eigenvalue weighted by atomic mass is 10.2. The minimum absolute atomic E-state index is 0.0126. The van der Waals surface area contributed by atoms with Crippen molar-refractivity contribution in [3.8, 4) is 5.75 Å². The van der Waals surface area contributed by atoms with Gasteiger partial charge in [0.2, 0.25) is 5.95 Å². The molecular weight excluding hydrogens is 463 g/mol. The van der Waals surface area contributed by atoms with Crippen LogP contribution in [0.4, 0.5) is 48.1 Å². The number of halogens is 7. The second kappa shape index (κ2) is 9.26. The van der Waals surface area contributed by atoms with Gasteiger partial charge < -0.3 is 15.4 Å². The molecule has 3 aromatic heterocycles. The van der Waals surface area contributed by atoms with Crippen LogP contribution in [0.3, 0.4) is 0 Å². The zero-order valence-electron chi connectivity index (χ0n) is 16.1. The Balaban J connectivity index is 1.74. The normalized spacial score (nSPS) is 11.7. The Labute approximate surface area is 180 Å². The van der Waals surface area contributed by atoms with Gasteiger partial charge in [0.25, 0.3) is 5.91 Å². The molecule has 0 fully saturated rings. The molecule has 0 aliphatic rings. The van der Waals surface area contributed by atoms with Crippen LogP contribution in [-0.2, 0) is 6.18 Å². The van der Waals surface area contributed by atoms with Crippen molar-refractivity contribution in [2.45, 2.75) is 12.4 Å². The van der Waals surface area contributed by atoms with Crippen LogP contribution in [0, 0.1) is 5.95 Å². The number of aromatic nitrogens is 3. The summed E-state index contributed by atoms with van der Waals surface area (Å²) < 4.78 is 92.9. The van der Waals surface area contributed by atoms with Gasteiger partial charge in [-0.05, 0) is 24.3 Å². The largest absolute Gasteiger partial charge is 0.482 e. The van der Waals surface area contributed by atoms with E-state index in [0.29, 0.717) is 12.3 Å². The zero-order chi connectivity index (χ0) is 24.2. The summed E-state index contributed by atoms with van der Waals surface area (Å²) in [6.45, 7) is -1.72. The topological polar surface area (TPSA) is 89.0 Å². The van der Waals surface area contributed by atoms with E-state index in [1.54, 1.807) is 0 Å². The second-order valence-corrected chi connectivity index (χ2v) is 6.35. The molecule has 0 atom stereocenters. The van der Waals surface area contributed by atoms with Crippen LogP contribution in [0.25, 0.3) is 0 Å². The molecule has 1 amide bonds. The maximum atomic E-state index is 13.3. The average molecular weight is 475 g/mol. The molecule has 0 radical (unpaired) electrons. The minimum atomic E-state index is -4.70. The number of rotatable bonds is 6. The molecule has 33 heavy (non-hydrogen) atoms. The zero-order valence-corrected chi connectivity index (χ0v) is 16.1. The molecule has 0 bridgehead atoms. The van der Waals surface area contributed by atoms with Gasteiger partial charge in [-0.25, -0.2) is 15.0 Å². The average Bonchev–Trinajstić information content (AvgIpc) is 2.73. The fourth-order valence-corrected chi connectivity index (χ4v) is 2.39. The quantitative estimate of drug-likeness (QED) is 0.387. The van der Waals surface area contributed by atoms with Crippen LogP contribution in [0.2, 0.25) is 0 Å². The van der Waals surface area contributed by atoms with Gasteiger partial charge in [0, 0.05) is 24.0 Å². The predicted molar refractivity (Wildman–Crippen MR) is 100 cm³/mol. The molecule has 14 heteroatoms. The van der Waals surface area contributed by atoms with Crippen LogP contribution in [0.1, 0.15) is 15.9 Å². The Morgan fingerprint density at radius 3 is 2.33 bits per heavy atom. The van der Waals surface area contributed by atoms with Gasteiger partial charge in [-0.3, -0.25) is 4.79 Å². The highest BCUT2D eigenvalue weighted by molar-refractivity contribution is 6.05. The molecule has 3 rings (SSSR count). The lowest BCUT2D eigenvalue weighted by Gasteiger charge is -2.14. The molecule has 0 saturated carbocycles. The number of nitrogens with one attached hydrogen (secondary N) is 2. The van der Waals surface area contributed by atoms with Crippen LogP contribution in [-0.4, -0.2) is 33.6 Å². The SMILES string of the molecule is O=C(Nc1cnc(F)cc1OCC(F)(F)F)c1ccnc(Nc2ccc(C(F)(F)F)cn2)c1. The number of alkyl halides is 6. The number of amides is 1. The third-order valence-corrected chi connectivity index (χ3v) is 3.84.